The number of nitrogens with zero attached hydrogens (tertiary/aromatic N) is 6. The van der Waals surface area contributed by atoms with Crippen molar-refractivity contribution in [3.05, 3.63) is 53.0 Å². The van der Waals surface area contributed by atoms with Crippen molar-refractivity contribution in [2.75, 3.05) is 60.8 Å². The minimum absolute atomic E-state index is 0.139. The van der Waals surface area contributed by atoms with Crippen LogP contribution in [0, 0.1) is 11.3 Å². The molecule has 4 rings (SSSR count). The summed E-state index contributed by atoms with van der Waals surface area (Å²) in [7, 11) is 2.07. The van der Waals surface area contributed by atoms with Crippen LogP contribution < -0.4 is 15.5 Å². The average Bonchev–Trinajstić information content (AvgIpc) is 2.89. The van der Waals surface area contributed by atoms with Gasteiger partial charge < -0.3 is 10.2 Å². The molecule has 2 N–H and O–H groups in total. The summed E-state index contributed by atoms with van der Waals surface area (Å²) in [6.07, 6.45) is 5.79. The molecular weight excluding hydrogens is 500 g/mol. The molecule has 1 saturated heterocycles. The van der Waals surface area contributed by atoms with Gasteiger partial charge >= 0.3 is 6.03 Å². The molecule has 2 aliphatic heterocycles. The van der Waals surface area contributed by atoms with Gasteiger partial charge in [-0.3, -0.25) is 19.9 Å². The van der Waals surface area contributed by atoms with Gasteiger partial charge in [-0.05, 0) is 44.7 Å². The lowest BCUT2D eigenvalue weighted by Gasteiger charge is -2.36. The van der Waals surface area contributed by atoms with Crippen molar-refractivity contribution in [1.29, 1.82) is 5.26 Å². The monoisotopic (exact) mass is 534 g/mol. The van der Waals surface area contributed by atoms with Crippen LogP contribution in [-0.2, 0) is 13.0 Å². The van der Waals surface area contributed by atoms with E-state index in [1.807, 2.05) is 19.2 Å². The van der Waals surface area contributed by atoms with Crippen LogP contribution in [0.1, 0.15) is 40.5 Å². The van der Waals surface area contributed by atoms with Crippen molar-refractivity contribution in [2.24, 2.45) is 0 Å². The predicted molar refractivity (Wildman–Crippen MR) is 152 cm³/mol. The molecule has 2 amide bonds. The van der Waals surface area contributed by atoms with Crippen molar-refractivity contribution >= 4 is 41.4 Å². The topological polar surface area (TPSA) is 117 Å². The number of nitriles is 1. The molecule has 0 aromatic carbocycles. The fourth-order valence-corrected chi connectivity index (χ4v) is 5.37. The first-order chi connectivity index (χ1) is 18.3. The first kappa shape index (κ1) is 27.4. The van der Waals surface area contributed by atoms with Gasteiger partial charge in [-0.1, -0.05) is 6.58 Å². The lowest BCUT2D eigenvalue weighted by Crippen LogP contribution is -2.42. The molecule has 0 aliphatic carbocycles. The third-order valence-corrected chi connectivity index (χ3v) is 7.56. The average molecular weight is 535 g/mol. The highest BCUT2D eigenvalue weighted by Gasteiger charge is 2.27. The molecule has 1 atom stereocenters. The van der Waals surface area contributed by atoms with Gasteiger partial charge in [0.05, 0.1) is 11.3 Å². The van der Waals surface area contributed by atoms with Crippen LogP contribution in [0.5, 0.6) is 0 Å². The van der Waals surface area contributed by atoms with E-state index in [2.05, 4.69) is 50.1 Å². The Hall–Kier alpha value is -3.62. The van der Waals surface area contributed by atoms with Gasteiger partial charge in [0, 0.05) is 68.0 Å². The van der Waals surface area contributed by atoms with E-state index < -0.39 is 0 Å². The number of nitrogens with one attached hydrogen (secondary N) is 2. The van der Waals surface area contributed by atoms with Crippen LogP contribution >= 0.6 is 11.8 Å². The fourth-order valence-electron chi connectivity index (χ4n) is 4.79. The summed E-state index contributed by atoms with van der Waals surface area (Å²) >= 11 is 1.71. The van der Waals surface area contributed by atoms with Crippen LogP contribution in [0.2, 0.25) is 0 Å². The van der Waals surface area contributed by atoms with Crippen molar-refractivity contribution in [3.63, 3.8) is 0 Å². The number of pyridine rings is 2. The van der Waals surface area contributed by atoms with Crippen molar-refractivity contribution in [2.45, 2.75) is 32.4 Å². The molecule has 0 saturated carbocycles. The number of hydrogen-bond acceptors (Lipinski definition) is 9. The highest BCUT2D eigenvalue weighted by Crippen LogP contribution is 2.29. The zero-order valence-electron chi connectivity index (χ0n) is 22.2. The lowest BCUT2D eigenvalue weighted by molar-refractivity contribution is 0.111. The molecule has 0 spiro atoms. The lowest BCUT2D eigenvalue weighted by atomic mass is 10.0. The Morgan fingerprint density at radius 1 is 1.34 bits per heavy atom. The maximum Gasteiger partial charge on any atom is 0.328 e. The van der Waals surface area contributed by atoms with E-state index in [9.17, 15) is 14.9 Å². The Morgan fingerprint density at radius 3 is 2.87 bits per heavy atom. The van der Waals surface area contributed by atoms with Crippen LogP contribution in [0.15, 0.2) is 30.6 Å². The molecule has 2 aromatic heterocycles. The predicted octanol–water partition coefficient (Wildman–Crippen LogP) is 3.57. The quantitative estimate of drug-likeness (QED) is 0.490. The van der Waals surface area contributed by atoms with E-state index in [-0.39, 0.29) is 12.1 Å². The number of urea groups is 1. The van der Waals surface area contributed by atoms with Gasteiger partial charge in [0.25, 0.3) is 0 Å². The number of carbonyl (C=O) groups excluding carboxylic acids is 2. The van der Waals surface area contributed by atoms with Gasteiger partial charge in [-0.25, -0.2) is 14.8 Å². The first-order valence-electron chi connectivity index (χ1n) is 12.7. The number of hydrogen-bond donors (Lipinski definition) is 2. The smallest absolute Gasteiger partial charge is 0.328 e. The number of likely N-dealkylation sites (N-methyl/N-ethyl adjacent to an activating group) is 1. The Balaban J connectivity index is 1.54. The molecule has 2 aromatic rings. The summed E-state index contributed by atoms with van der Waals surface area (Å²) in [5.74, 6) is 1.70. The molecule has 10 nitrogen and oxygen atoms in total. The number of aromatic nitrogens is 2. The Morgan fingerprint density at radius 2 is 2.16 bits per heavy atom. The van der Waals surface area contributed by atoms with Crippen molar-refractivity contribution in [1.82, 2.24) is 19.8 Å². The van der Waals surface area contributed by atoms with E-state index in [1.165, 1.54) is 6.20 Å². The van der Waals surface area contributed by atoms with Crippen LogP contribution in [0.25, 0.3) is 0 Å². The minimum Gasteiger partial charge on any atom is -0.381 e. The highest BCUT2D eigenvalue weighted by molar-refractivity contribution is 7.98. The Kier molecular flexibility index (Phi) is 8.86. The second kappa shape index (κ2) is 12.3. The van der Waals surface area contributed by atoms with Crippen molar-refractivity contribution < 1.29 is 9.59 Å². The van der Waals surface area contributed by atoms with Gasteiger partial charge in [0.2, 0.25) is 0 Å². The molecular formula is C27H34N8O2S. The molecule has 1 fully saturated rings. The van der Waals surface area contributed by atoms with E-state index >= 15 is 0 Å². The maximum absolute atomic E-state index is 13.3. The van der Waals surface area contributed by atoms with Gasteiger partial charge in [-0.2, -0.15) is 17.0 Å². The number of rotatable bonds is 8. The van der Waals surface area contributed by atoms with E-state index in [0.29, 0.717) is 41.7 Å². The van der Waals surface area contributed by atoms with Crippen LogP contribution in [0.3, 0.4) is 0 Å². The number of piperazine rings is 1. The molecule has 4 heterocycles. The molecule has 11 heteroatoms. The number of aryl methyl sites for hydroxylation is 1. The zero-order valence-corrected chi connectivity index (χ0v) is 23.0. The summed E-state index contributed by atoms with van der Waals surface area (Å²) in [4.78, 5) is 40.2. The van der Waals surface area contributed by atoms with E-state index in [4.69, 9.17) is 0 Å². The van der Waals surface area contributed by atoms with E-state index in [0.717, 1.165) is 61.3 Å². The second-order valence-corrected chi connectivity index (χ2v) is 10.7. The summed E-state index contributed by atoms with van der Waals surface area (Å²) in [5, 5.41) is 15.6. The number of aldehydes is 1. The van der Waals surface area contributed by atoms with Gasteiger partial charge in [0.15, 0.2) is 6.29 Å². The molecule has 2 aliphatic rings. The summed E-state index contributed by atoms with van der Waals surface area (Å²) in [6.45, 7) is 9.82. The third kappa shape index (κ3) is 6.26. The third-order valence-electron chi connectivity index (χ3n) is 6.72. The normalized spacial score (nSPS) is 16.4. The molecule has 1 unspecified atom stereocenters. The van der Waals surface area contributed by atoms with Gasteiger partial charge in [0.1, 0.15) is 23.4 Å². The standard InChI is InChI=1S/C27H34N8O2S/c1-18(17-38-4)30-23-11-25(29-13-22(23)12-28)32-27(37)35-7-5-6-20-10-21(24(16-36)31-26(20)35)15-34-9-8-33(3)14-19(34)2/h10-11,13,16,18H,2,5-9,14-15,17H2,1,3-4H3,(H2,29,30,32,37). The molecule has 0 bridgehead atoms. The molecule has 0 radical (unpaired) electrons. The largest absolute Gasteiger partial charge is 0.381 e. The Labute approximate surface area is 228 Å². The number of thioether (sulfide) groups is 1. The first-order valence-corrected chi connectivity index (χ1v) is 14.1. The summed E-state index contributed by atoms with van der Waals surface area (Å²) < 4.78 is 0. The maximum atomic E-state index is 13.3. The molecule has 38 heavy (non-hydrogen) atoms. The number of fused-ring (bicyclic) bond motifs is 1. The minimum atomic E-state index is -0.379. The summed E-state index contributed by atoms with van der Waals surface area (Å²) in [5.41, 5.74) is 4.16. The molecule has 200 valence electrons. The number of anilines is 3. The Bertz CT molecular complexity index is 1260. The summed E-state index contributed by atoms with van der Waals surface area (Å²) in [6, 6.07) is 5.58. The number of carbonyl (C=O) groups is 2. The number of amides is 2. The van der Waals surface area contributed by atoms with Crippen LogP contribution in [0.4, 0.5) is 22.1 Å². The van der Waals surface area contributed by atoms with Gasteiger partial charge in [-0.15, -0.1) is 0 Å². The van der Waals surface area contributed by atoms with E-state index in [1.54, 1.807) is 22.7 Å². The second-order valence-electron chi connectivity index (χ2n) is 9.77. The van der Waals surface area contributed by atoms with Crippen LogP contribution in [-0.4, -0.2) is 83.4 Å². The highest BCUT2D eigenvalue weighted by atomic mass is 32.2. The van der Waals surface area contributed by atoms with Crippen molar-refractivity contribution in [3.8, 4) is 6.07 Å². The SMILES string of the molecule is C=C1CN(C)CCN1Cc1cc2c(nc1C=O)N(C(=O)Nc1cc(NC(C)CSC)c(C#N)cn1)CCC2. The zero-order chi connectivity index (χ0) is 27.2. The fraction of sp³-hybridized carbons (Fsp3) is 0.444.